The van der Waals surface area contributed by atoms with Crippen LogP contribution in [0.4, 0.5) is 5.69 Å². The zero-order valence-electron chi connectivity index (χ0n) is 15.4. The average Bonchev–Trinajstić information content (AvgIpc) is 3.16. The number of carbonyl (C=O) groups is 1. The van der Waals surface area contributed by atoms with Gasteiger partial charge >= 0.3 is 0 Å². The molecule has 0 N–H and O–H groups in total. The Morgan fingerprint density at radius 2 is 2.00 bits per heavy atom. The van der Waals surface area contributed by atoms with E-state index in [1.165, 1.54) is 10.4 Å². The van der Waals surface area contributed by atoms with E-state index in [0.29, 0.717) is 12.4 Å². The molecule has 0 spiro atoms. The van der Waals surface area contributed by atoms with Crippen LogP contribution in [-0.4, -0.2) is 39.8 Å². The minimum absolute atomic E-state index is 0.0472. The van der Waals surface area contributed by atoms with Crippen LogP contribution in [0, 0.1) is 6.92 Å². The highest BCUT2D eigenvalue weighted by Crippen LogP contribution is 2.30. The molecule has 7 nitrogen and oxygen atoms in total. The number of rotatable bonds is 4. The number of carbonyl (C=O) groups excluding carboxylic acids is 1. The van der Waals surface area contributed by atoms with Crippen molar-refractivity contribution in [2.24, 2.45) is 0 Å². The van der Waals surface area contributed by atoms with Crippen LogP contribution in [0.2, 0.25) is 0 Å². The van der Waals surface area contributed by atoms with E-state index in [-0.39, 0.29) is 12.5 Å². The Bertz CT molecular complexity index is 965. The Labute approximate surface area is 157 Å². The minimum Gasteiger partial charge on any atom is -0.497 e. The van der Waals surface area contributed by atoms with Crippen LogP contribution in [-0.2, 0) is 17.8 Å². The van der Waals surface area contributed by atoms with Crippen molar-refractivity contribution in [3.05, 3.63) is 53.6 Å². The molecule has 0 bridgehead atoms. The largest absolute Gasteiger partial charge is 0.497 e. The van der Waals surface area contributed by atoms with Crippen LogP contribution in [0.5, 0.6) is 5.75 Å². The first kappa shape index (κ1) is 17.2. The van der Waals surface area contributed by atoms with Crippen molar-refractivity contribution in [2.75, 3.05) is 18.6 Å². The number of fused-ring (bicyclic) bond motifs is 1. The van der Waals surface area contributed by atoms with Gasteiger partial charge in [0, 0.05) is 17.8 Å². The summed E-state index contributed by atoms with van der Waals surface area (Å²) in [6.07, 6.45) is 1.86. The SMILES string of the molecule is COc1ccc2c(c1)CCCN2C(=O)Cn1nnc(-c2ccc(C)cc2)n1. The molecule has 2 aromatic carbocycles. The second kappa shape index (κ2) is 7.19. The van der Waals surface area contributed by atoms with E-state index in [4.69, 9.17) is 4.74 Å². The number of benzene rings is 2. The summed E-state index contributed by atoms with van der Waals surface area (Å²) in [5, 5.41) is 12.5. The second-order valence-electron chi connectivity index (χ2n) is 6.65. The molecule has 0 unspecified atom stereocenters. The lowest BCUT2D eigenvalue weighted by molar-refractivity contribution is -0.119. The molecule has 1 aliphatic heterocycles. The van der Waals surface area contributed by atoms with Gasteiger partial charge in [0.25, 0.3) is 5.91 Å². The summed E-state index contributed by atoms with van der Waals surface area (Å²) in [6.45, 7) is 2.78. The van der Waals surface area contributed by atoms with Crippen molar-refractivity contribution in [3.63, 3.8) is 0 Å². The molecule has 0 fully saturated rings. The third-order valence-electron chi connectivity index (χ3n) is 4.75. The van der Waals surface area contributed by atoms with Crippen LogP contribution in [0.15, 0.2) is 42.5 Å². The molecule has 4 rings (SSSR count). The smallest absolute Gasteiger partial charge is 0.250 e. The summed E-state index contributed by atoms with van der Waals surface area (Å²) in [5.74, 6) is 1.28. The van der Waals surface area contributed by atoms with Gasteiger partial charge in [-0.1, -0.05) is 29.8 Å². The Morgan fingerprint density at radius 3 is 2.78 bits per heavy atom. The number of anilines is 1. The maximum Gasteiger partial charge on any atom is 0.250 e. The number of hydrogen-bond acceptors (Lipinski definition) is 5. The first-order valence-corrected chi connectivity index (χ1v) is 8.96. The maximum absolute atomic E-state index is 12.8. The summed E-state index contributed by atoms with van der Waals surface area (Å²) >= 11 is 0. The molecule has 1 aliphatic rings. The molecule has 0 aliphatic carbocycles. The highest BCUT2D eigenvalue weighted by atomic mass is 16.5. The quantitative estimate of drug-likeness (QED) is 0.712. The van der Waals surface area contributed by atoms with Crippen LogP contribution in [0.25, 0.3) is 11.4 Å². The summed E-state index contributed by atoms with van der Waals surface area (Å²) in [7, 11) is 1.65. The van der Waals surface area contributed by atoms with E-state index < -0.39 is 0 Å². The number of ether oxygens (including phenoxy) is 1. The predicted octanol–water partition coefficient (Wildman–Crippen LogP) is 2.64. The number of aromatic nitrogens is 4. The fourth-order valence-corrected chi connectivity index (χ4v) is 3.29. The Kier molecular flexibility index (Phi) is 4.58. The Hall–Kier alpha value is -3.22. The fourth-order valence-electron chi connectivity index (χ4n) is 3.29. The third-order valence-corrected chi connectivity index (χ3v) is 4.75. The first-order chi connectivity index (χ1) is 13.1. The van der Waals surface area contributed by atoms with Crippen molar-refractivity contribution in [3.8, 4) is 17.1 Å². The van der Waals surface area contributed by atoms with Crippen LogP contribution in [0.3, 0.4) is 0 Å². The lowest BCUT2D eigenvalue weighted by atomic mass is 10.0. The van der Waals surface area contributed by atoms with E-state index in [1.807, 2.05) is 49.4 Å². The van der Waals surface area contributed by atoms with E-state index in [1.54, 1.807) is 12.0 Å². The van der Waals surface area contributed by atoms with E-state index in [0.717, 1.165) is 35.4 Å². The van der Waals surface area contributed by atoms with Crippen molar-refractivity contribution in [1.29, 1.82) is 0 Å². The van der Waals surface area contributed by atoms with Crippen molar-refractivity contribution >= 4 is 11.6 Å². The zero-order chi connectivity index (χ0) is 18.8. The molecule has 0 radical (unpaired) electrons. The van der Waals surface area contributed by atoms with E-state index in [9.17, 15) is 4.79 Å². The lowest BCUT2D eigenvalue weighted by Gasteiger charge is -2.29. The van der Waals surface area contributed by atoms with Gasteiger partial charge in [-0.3, -0.25) is 4.79 Å². The standard InChI is InChI=1S/C20H21N5O2/c1-14-5-7-15(8-6-14)20-21-23-25(22-20)13-19(26)24-11-3-4-16-12-17(27-2)9-10-18(16)24/h5-10,12H,3-4,11,13H2,1-2H3. The summed E-state index contributed by atoms with van der Waals surface area (Å²) in [6, 6.07) is 13.7. The molecule has 0 atom stereocenters. The number of tetrazole rings is 1. The molecule has 1 aromatic heterocycles. The van der Waals surface area contributed by atoms with Gasteiger partial charge in [0.2, 0.25) is 5.82 Å². The molecule has 7 heteroatoms. The number of amides is 1. The predicted molar refractivity (Wildman–Crippen MR) is 102 cm³/mol. The van der Waals surface area contributed by atoms with Crippen molar-refractivity contribution in [2.45, 2.75) is 26.3 Å². The first-order valence-electron chi connectivity index (χ1n) is 8.96. The van der Waals surface area contributed by atoms with E-state index in [2.05, 4.69) is 15.4 Å². The number of aryl methyl sites for hydroxylation is 2. The van der Waals surface area contributed by atoms with Crippen LogP contribution in [0.1, 0.15) is 17.5 Å². The molecule has 0 saturated carbocycles. The molecule has 138 valence electrons. The summed E-state index contributed by atoms with van der Waals surface area (Å²) < 4.78 is 5.29. The van der Waals surface area contributed by atoms with Crippen molar-refractivity contribution < 1.29 is 9.53 Å². The van der Waals surface area contributed by atoms with Gasteiger partial charge in [0.15, 0.2) is 0 Å². The van der Waals surface area contributed by atoms with Crippen molar-refractivity contribution in [1.82, 2.24) is 20.2 Å². The monoisotopic (exact) mass is 363 g/mol. The van der Waals surface area contributed by atoms with Gasteiger partial charge < -0.3 is 9.64 Å². The Morgan fingerprint density at radius 1 is 1.19 bits per heavy atom. The second-order valence-corrected chi connectivity index (χ2v) is 6.65. The molecule has 1 amide bonds. The highest BCUT2D eigenvalue weighted by Gasteiger charge is 2.24. The van der Waals surface area contributed by atoms with Gasteiger partial charge in [-0.05, 0) is 48.7 Å². The van der Waals surface area contributed by atoms with Crippen LogP contribution >= 0.6 is 0 Å². The number of methoxy groups -OCH3 is 1. The third kappa shape index (κ3) is 3.53. The topological polar surface area (TPSA) is 73.1 Å². The summed E-state index contributed by atoms with van der Waals surface area (Å²) in [5.41, 5.74) is 4.11. The van der Waals surface area contributed by atoms with Gasteiger partial charge in [-0.2, -0.15) is 4.80 Å². The summed E-state index contributed by atoms with van der Waals surface area (Å²) in [4.78, 5) is 16.0. The maximum atomic E-state index is 12.8. The minimum atomic E-state index is -0.0472. The average molecular weight is 363 g/mol. The van der Waals surface area contributed by atoms with E-state index >= 15 is 0 Å². The molecular formula is C20H21N5O2. The molecule has 3 aromatic rings. The van der Waals surface area contributed by atoms with Gasteiger partial charge in [0.05, 0.1) is 7.11 Å². The molecule has 0 saturated heterocycles. The van der Waals surface area contributed by atoms with Gasteiger partial charge in [-0.25, -0.2) is 0 Å². The molecule has 27 heavy (non-hydrogen) atoms. The zero-order valence-corrected chi connectivity index (χ0v) is 15.4. The van der Waals surface area contributed by atoms with Gasteiger partial charge in [-0.15, -0.1) is 10.2 Å². The lowest BCUT2D eigenvalue weighted by Crippen LogP contribution is -2.38. The fraction of sp³-hybridized carbons (Fsp3) is 0.300. The van der Waals surface area contributed by atoms with Crippen LogP contribution < -0.4 is 9.64 Å². The highest BCUT2D eigenvalue weighted by molar-refractivity contribution is 5.94. The number of hydrogen-bond donors (Lipinski definition) is 0. The number of nitrogens with zero attached hydrogens (tertiary/aromatic N) is 5. The van der Waals surface area contributed by atoms with Gasteiger partial charge in [0.1, 0.15) is 12.3 Å². The normalized spacial score (nSPS) is 13.3. The Balaban J connectivity index is 1.51. The molecule has 2 heterocycles. The molecular weight excluding hydrogens is 342 g/mol.